The Balaban J connectivity index is 1.72. The van der Waals surface area contributed by atoms with E-state index < -0.39 is 0 Å². The molecule has 0 aliphatic carbocycles. The standard InChI is InChI=1S/C24H32ClNO/c1-3-5-6-7-9-19-12-14-21(15-13-19)26-17-16-23(25)24(26)20-10-8-11-22(18-20)27-4-2/h8,10-15,18,23-24H,3-7,9,16-17H2,1-2H3. The molecule has 2 nitrogen and oxygen atoms in total. The first kappa shape index (κ1) is 20.1. The van der Waals surface area contributed by atoms with Crippen molar-refractivity contribution in [1.29, 1.82) is 0 Å². The van der Waals surface area contributed by atoms with Gasteiger partial charge in [-0.1, -0.05) is 50.5 Å². The van der Waals surface area contributed by atoms with E-state index in [2.05, 4.69) is 54.3 Å². The lowest BCUT2D eigenvalue weighted by Crippen LogP contribution is -2.25. The fourth-order valence-corrected chi connectivity index (χ4v) is 4.38. The van der Waals surface area contributed by atoms with Crippen LogP contribution in [0.4, 0.5) is 5.69 Å². The smallest absolute Gasteiger partial charge is 0.119 e. The van der Waals surface area contributed by atoms with Crippen LogP contribution in [0.3, 0.4) is 0 Å². The highest BCUT2D eigenvalue weighted by Crippen LogP contribution is 2.40. The van der Waals surface area contributed by atoms with Gasteiger partial charge in [0.1, 0.15) is 5.75 Å². The van der Waals surface area contributed by atoms with Crippen molar-refractivity contribution in [2.45, 2.75) is 63.8 Å². The number of hydrogen-bond acceptors (Lipinski definition) is 2. The predicted molar refractivity (Wildman–Crippen MR) is 116 cm³/mol. The van der Waals surface area contributed by atoms with E-state index in [9.17, 15) is 0 Å². The number of ether oxygens (including phenoxy) is 1. The van der Waals surface area contributed by atoms with Crippen molar-refractivity contribution in [2.75, 3.05) is 18.1 Å². The van der Waals surface area contributed by atoms with Crippen LogP contribution in [-0.2, 0) is 6.42 Å². The number of alkyl halides is 1. The summed E-state index contributed by atoms with van der Waals surface area (Å²) in [6, 6.07) is 17.7. The van der Waals surface area contributed by atoms with E-state index in [-0.39, 0.29) is 11.4 Å². The summed E-state index contributed by atoms with van der Waals surface area (Å²) in [6.07, 6.45) is 7.43. The SMILES string of the molecule is CCCCCCc1ccc(N2CCC(Cl)C2c2cccc(OCC)c2)cc1. The summed E-state index contributed by atoms with van der Waals surface area (Å²) in [5.74, 6) is 0.924. The van der Waals surface area contributed by atoms with Gasteiger partial charge in [-0.25, -0.2) is 0 Å². The van der Waals surface area contributed by atoms with Gasteiger partial charge < -0.3 is 9.64 Å². The number of hydrogen-bond donors (Lipinski definition) is 0. The van der Waals surface area contributed by atoms with Gasteiger partial charge in [-0.2, -0.15) is 0 Å². The van der Waals surface area contributed by atoms with Crippen LogP contribution in [0.25, 0.3) is 0 Å². The van der Waals surface area contributed by atoms with E-state index in [4.69, 9.17) is 16.3 Å². The van der Waals surface area contributed by atoms with E-state index in [1.54, 1.807) is 0 Å². The summed E-state index contributed by atoms with van der Waals surface area (Å²) < 4.78 is 5.69. The highest BCUT2D eigenvalue weighted by atomic mass is 35.5. The van der Waals surface area contributed by atoms with Crippen molar-refractivity contribution in [3.63, 3.8) is 0 Å². The van der Waals surface area contributed by atoms with E-state index in [1.165, 1.54) is 48.9 Å². The predicted octanol–water partition coefficient (Wildman–Crippen LogP) is 6.77. The van der Waals surface area contributed by atoms with Gasteiger partial charge >= 0.3 is 0 Å². The molecular weight excluding hydrogens is 354 g/mol. The normalized spacial score (nSPS) is 19.4. The second kappa shape index (κ2) is 10.0. The lowest BCUT2D eigenvalue weighted by Gasteiger charge is -2.29. The maximum absolute atomic E-state index is 6.73. The first-order valence-electron chi connectivity index (χ1n) is 10.4. The molecule has 1 heterocycles. The minimum Gasteiger partial charge on any atom is -0.494 e. The lowest BCUT2D eigenvalue weighted by molar-refractivity contribution is 0.339. The van der Waals surface area contributed by atoms with Crippen LogP contribution in [0.1, 0.15) is 63.1 Å². The number of anilines is 1. The van der Waals surface area contributed by atoms with E-state index in [1.807, 2.05) is 13.0 Å². The molecule has 0 amide bonds. The average molecular weight is 386 g/mol. The zero-order chi connectivity index (χ0) is 19.1. The van der Waals surface area contributed by atoms with Crippen LogP contribution in [0, 0.1) is 0 Å². The highest BCUT2D eigenvalue weighted by molar-refractivity contribution is 6.21. The maximum Gasteiger partial charge on any atom is 0.119 e. The van der Waals surface area contributed by atoms with Crippen molar-refractivity contribution in [3.05, 3.63) is 59.7 Å². The van der Waals surface area contributed by atoms with E-state index in [0.29, 0.717) is 6.61 Å². The van der Waals surface area contributed by atoms with Gasteiger partial charge in [-0.05, 0) is 61.6 Å². The minimum absolute atomic E-state index is 0.121. The summed E-state index contributed by atoms with van der Waals surface area (Å²) in [7, 11) is 0. The van der Waals surface area contributed by atoms with Crippen LogP contribution in [-0.4, -0.2) is 18.5 Å². The van der Waals surface area contributed by atoms with Crippen molar-refractivity contribution in [2.24, 2.45) is 0 Å². The zero-order valence-corrected chi connectivity index (χ0v) is 17.4. The first-order chi connectivity index (χ1) is 13.2. The summed E-state index contributed by atoms with van der Waals surface area (Å²) in [5, 5.41) is 0.121. The van der Waals surface area contributed by atoms with E-state index in [0.717, 1.165) is 18.7 Å². The van der Waals surface area contributed by atoms with Crippen LogP contribution < -0.4 is 9.64 Å². The Kier molecular flexibility index (Phi) is 7.46. The Morgan fingerprint density at radius 1 is 1.04 bits per heavy atom. The number of rotatable bonds is 9. The van der Waals surface area contributed by atoms with Crippen LogP contribution >= 0.6 is 11.6 Å². The van der Waals surface area contributed by atoms with Crippen molar-refractivity contribution in [3.8, 4) is 5.75 Å². The Bertz CT molecular complexity index is 700. The third kappa shape index (κ3) is 5.19. The van der Waals surface area contributed by atoms with E-state index >= 15 is 0 Å². The first-order valence-corrected chi connectivity index (χ1v) is 10.9. The van der Waals surface area contributed by atoms with Gasteiger partial charge in [0.15, 0.2) is 0 Å². The monoisotopic (exact) mass is 385 g/mol. The molecule has 2 unspecified atom stereocenters. The Labute approximate surface area is 169 Å². The van der Waals surface area contributed by atoms with Crippen molar-refractivity contribution >= 4 is 17.3 Å². The molecule has 0 aromatic heterocycles. The molecule has 0 N–H and O–H groups in total. The van der Waals surface area contributed by atoms with Gasteiger partial charge in [0.05, 0.1) is 18.0 Å². The van der Waals surface area contributed by atoms with Crippen LogP contribution in [0.5, 0.6) is 5.75 Å². The molecule has 0 bridgehead atoms. The molecule has 1 fully saturated rings. The molecule has 3 heteroatoms. The van der Waals surface area contributed by atoms with Gasteiger partial charge in [0.25, 0.3) is 0 Å². The molecule has 146 valence electrons. The quantitative estimate of drug-likeness (QED) is 0.349. The van der Waals surface area contributed by atoms with Crippen LogP contribution in [0.2, 0.25) is 0 Å². The second-order valence-corrected chi connectivity index (χ2v) is 7.99. The fraction of sp³-hybridized carbons (Fsp3) is 0.500. The largest absolute Gasteiger partial charge is 0.494 e. The fourth-order valence-electron chi connectivity index (χ4n) is 4.00. The molecule has 1 saturated heterocycles. The molecule has 2 atom stereocenters. The number of benzene rings is 2. The minimum atomic E-state index is 0.121. The number of nitrogens with zero attached hydrogens (tertiary/aromatic N) is 1. The number of halogens is 1. The summed E-state index contributed by atoms with van der Waals surface area (Å²) in [6.45, 7) is 5.95. The third-order valence-corrected chi connectivity index (χ3v) is 5.88. The summed E-state index contributed by atoms with van der Waals surface area (Å²) in [5.41, 5.74) is 3.94. The molecule has 0 radical (unpaired) electrons. The molecule has 3 rings (SSSR count). The lowest BCUT2D eigenvalue weighted by atomic mass is 10.0. The molecule has 2 aromatic rings. The summed E-state index contributed by atoms with van der Waals surface area (Å²) >= 11 is 6.73. The molecule has 0 saturated carbocycles. The van der Waals surface area contributed by atoms with Crippen molar-refractivity contribution < 1.29 is 4.74 Å². The van der Waals surface area contributed by atoms with Gasteiger partial charge in [-0.3, -0.25) is 0 Å². The molecule has 2 aromatic carbocycles. The Hall–Kier alpha value is -1.67. The molecular formula is C24H32ClNO. The van der Waals surface area contributed by atoms with Crippen LogP contribution in [0.15, 0.2) is 48.5 Å². The molecule has 27 heavy (non-hydrogen) atoms. The van der Waals surface area contributed by atoms with Gasteiger partial charge in [0, 0.05) is 12.2 Å². The Morgan fingerprint density at radius 3 is 2.59 bits per heavy atom. The third-order valence-electron chi connectivity index (χ3n) is 5.42. The molecule has 1 aliphatic rings. The molecule has 0 spiro atoms. The topological polar surface area (TPSA) is 12.5 Å². The maximum atomic E-state index is 6.73. The average Bonchev–Trinajstić information content (AvgIpc) is 3.08. The van der Waals surface area contributed by atoms with Crippen molar-refractivity contribution in [1.82, 2.24) is 0 Å². The summed E-state index contributed by atoms with van der Waals surface area (Å²) in [4.78, 5) is 2.45. The highest BCUT2D eigenvalue weighted by Gasteiger charge is 2.34. The van der Waals surface area contributed by atoms with Gasteiger partial charge in [0.2, 0.25) is 0 Å². The number of aryl methyl sites for hydroxylation is 1. The zero-order valence-electron chi connectivity index (χ0n) is 16.7. The Morgan fingerprint density at radius 2 is 1.85 bits per heavy atom. The molecule has 1 aliphatic heterocycles. The number of unbranched alkanes of at least 4 members (excludes halogenated alkanes) is 3. The second-order valence-electron chi connectivity index (χ2n) is 7.43. The van der Waals surface area contributed by atoms with Gasteiger partial charge in [-0.15, -0.1) is 11.6 Å².